The fraction of sp³-hybridized carbons (Fsp3) is 1.00. The molecule has 0 aromatic carbocycles. The average molecular weight is 210 g/mol. The molecule has 0 radical (unpaired) electrons. The fourth-order valence-electron chi connectivity index (χ4n) is 0.354. The van der Waals surface area contributed by atoms with Gasteiger partial charge in [-0.05, 0) is 0 Å². The third-order valence-electron chi connectivity index (χ3n) is 1.06. The molecule has 0 rings (SSSR count). The standard InChI is InChI=1S/2C4H9.2Ti/c2*1-3-4-2;;/h2*1,3-4H2,2H3;;. The third kappa shape index (κ3) is 22.7. The summed E-state index contributed by atoms with van der Waals surface area (Å²) in [5.74, 6) is 0. The minimum absolute atomic E-state index is 1.34. The molecule has 0 heterocycles. The van der Waals surface area contributed by atoms with Gasteiger partial charge in [0.1, 0.15) is 0 Å². The molecule has 0 aliphatic rings. The van der Waals surface area contributed by atoms with Gasteiger partial charge in [0, 0.05) is 0 Å². The van der Waals surface area contributed by atoms with Crippen LogP contribution in [-0.2, 0) is 40.9 Å². The van der Waals surface area contributed by atoms with Crippen molar-refractivity contribution >= 4 is 0 Å². The molecule has 0 saturated heterocycles. The first kappa shape index (κ1) is 14.0. The second-order valence-electron chi connectivity index (χ2n) is 2.21. The van der Waals surface area contributed by atoms with Gasteiger partial charge in [-0.2, -0.15) is 0 Å². The molecule has 0 saturated carbocycles. The van der Waals surface area contributed by atoms with E-state index in [2.05, 4.69) is 54.7 Å². The normalized spacial score (nSPS) is 8.00. The van der Waals surface area contributed by atoms with Crippen LogP contribution < -0.4 is 0 Å². The topological polar surface area (TPSA) is 0 Å². The van der Waals surface area contributed by atoms with E-state index in [0.717, 1.165) is 0 Å². The molecular weight excluding hydrogens is 192 g/mol. The number of hydrogen-bond acceptors (Lipinski definition) is 0. The molecule has 0 fully saturated rings. The zero-order valence-electron chi connectivity index (χ0n) is 7.24. The molecule has 0 N–H and O–H groups in total. The molecule has 58 valence electrons. The molecule has 0 amide bonds. The van der Waals surface area contributed by atoms with Gasteiger partial charge >= 0.3 is 89.9 Å². The SMILES string of the molecule is CCC[CH2][Ti].CCC[CH2][Ti]. The summed E-state index contributed by atoms with van der Waals surface area (Å²) in [6, 6.07) is 0. The maximum atomic E-state index is 2.21. The van der Waals surface area contributed by atoms with Gasteiger partial charge in [-0.1, -0.05) is 0 Å². The van der Waals surface area contributed by atoms with Crippen molar-refractivity contribution in [3.05, 3.63) is 0 Å². The number of unbranched alkanes of at least 4 members (excludes halogenated alkanes) is 2. The Kier molecular flexibility index (Phi) is 23.5. The summed E-state index contributed by atoms with van der Waals surface area (Å²) in [7, 11) is 0. The molecule has 0 aliphatic heterocycles. The first-order valence-corrected chi connectivity index (χ1v) is 6.33. The minimum atomic E-state index is 1.34. The van der Waals surface area contributed by atoms with Gasteiger partial charge in [0.15, 0.2) is 0 Å². The van der Waals surface area contributed by atoms with Crippen LogP contribution >= 0.6 is 0 Å². The van der Waals surface area contributed by atoms with E-state index in [-0.39, 0.29) is 0 Å². The Morgan fingerprint density at radius 3 is 1.10 bits per heavy atom. The van der Waals surface area contributed by atoms with Crippen LogP contribution in [0.3, 0.4) is 0 Å². The Hall–Kier alpha value is 1.43. The molecule has 0 nitrogen and oxygen atoms in total. The van der Waals surface area contributed by atoms with Crippen LogP contribution in [0.2, 0.25) is 9.45 Å². The summed E-state index contributed by atoms with van der Waals surface area (Å²) in [5.41, 5.74) is 0. The number of hydrogen-bond donors (Lipinski definition) is 0. The Bertz CT molecular complexity index is 28.2. The van der Waals surface area contributed by atoms with E-state index in [1.807, 2.05) is 0 Å². The van der Waals surface area contributed by atoms with E-state index >= 15 is 0 Å². The second-order valence-corrected chi connectivity index (χ2v) is 3.77. The second kappa shape index (κ2) is 16.8. The zero-order chi connectivity index (χ0) is 8.24. The quantitative estimate of drug-likeness (QED) is 0.622. The van der Waals surface area contributed by atoms with E-state index in [4.69, 9.17) is 0 Å². The van der Waals surface area contributed by atoms with E-state index in [0.29, 0.717) is 0 Å². The predicted octanol–water partition coefficient (Wildman–Crippen LogP) is 3.50. The monoisotopic (exact) mass is 210 g/mol. The average Bonchev–Trinajstić information content (AvgIpc) is 1.93. The van der Waals surface area contributed by atoms with E-state index in [1.165, 1.54) is 35.1 Å². The van der Waals surface area contributed by atoms with Crippen LogP contribution in [0.4, 0.5) is 0 Å². The fourth-order valence-corrected chi connectivity index (χ4v) is 1.46. The Morgan fingerprint density at radius 1 is 0.800 bits per heavy atom. The molecule has 0 aliphatic carbocycles. The molecule has 0 aromatic rings. The first-order chi connectivity index (χ1) is 4.83. The Balaban J connectivity index is 0. The molecule has 0 unspecified atom stereocenters. The van der Waals surface area contributed by atoms with Crippen LogP contribution in [0.5, 0.6) is 0 Å². The number of rotatable bonds is 4. The van der Waals surface area contributed by atoms with Crippen molar-refractivity contribution in [2.24, 2.45) is 0 Å². The van der Waals surface area contributed by atoms with Crippen LogP contribution in [0.1, 0.15) is 39.5 Å². The van der Waals surface area contributed by atoms with Crippen LogP contribution in [0.25, 0.3) is 0 Å². The van der Waals surface area contributed by atoms with E-state index in [9.17, 15) is 0 Å². The molecule has 0 bridgehead atoms. The molecule has 0 aromatic heterocycles. The molecule has 0 spiro atoms. The van der Waals surface area contributed by atoms with Gasteiger partial charge in [0.25, 0.3) is 0 Å². The molecule has 0 atom stereocenters. The van der Waals surface area contributed by atoms with E-state index in [1.54, 1.807) is 0 Å². The van der Waals surface area contributed by atoms with Gasteiger partial charge in [0.05, 0.1) is 0 Å². The summed E-state index contributed by atoms with van der Waals surface area (Å²) < 4.78 is 2.69. The Labute approximate surface area is 89.4 Å². The van der Waals surface area contributed by atoms with Crippen molar-refractivity contribution in [1.82, 2.24) is 0 Å². The van der Waals surface area contributed by atoms with Crippen molar-refractivity contribution < 1.29 is 40.9 Å². The van der Waals surface area contributed by atoms with Gasteiger partial charge in [-0.15, -0.1) is 0 Å². The molecule has 10 heavy (non-hydrogen) atoms. The van der Waals surface area contributed by atoms with Crippen molar-refractivity contribution in [3.63, 3.8) is 0 Å². The maximum absolute atomic E-state index is 2.21. The first-order valence-electron chi connectivity index (χ1n) is 4.12. The van der Waals surface area contributed by atoms with Crippen molar-refractivity contribution in [1.29, 1.82) is 0 Å². The summed E-state index contributed by atoms with van der Waals surface area (Å²) in [5, 5.41) is 0. The third-order valence-corrected chi connectivity index (χ3v) is 2.16. The zero-order valence-corrected chi connectivity index (χ0v) is 10.4. The van der Waals surface area contributed by atoms with Crippen LogP contribution in [0, 0.1) is 0 Å². The van der Waals surface area contributed by atoms with Crippen molar-refractivity contribution in [3.8, 4) is 0 Å². The predicted molar refractivity (Wildman–Crippen MR) is 39.4 cm³/mol. The van der Waals surface area contributed by atoms with Gasteiger partial charge in [0.2, 0.25) is 0 Å². The van der Waals surface area contributed by atoms with Gasteiger partial charge in [-0.3, -0.25) is 0 Å². The summed E-state index contributed by atoms with van der Waals surface area (Å²) in [6.45, 7) is 4.42. The molecule has 2 heteroatoms. The van der Waals surface area contributed by atoms with Gasteiger partial charge < -0.3 is 0 Å². The summed E-state index contributed by atoms with van der Waals surface area (Å²) >= 11 is 4.42. The van der Waals surface area contributed by atoms with Crippen molar-refractivity contribution in [2.45, 2.75) is 49.0 Å². The van der Waals surface area contributed by atoms with Crippen LogP contribution in [0.15, 0.2) is 0 Å². The summed E-state index contributed by atoms with van der Waals surface area (Å²) in [6.07, 6.45) is 5.47. The van der Waals surface area contributed by atoms with Gasteiger partial charge in [-0.25, -0.2) is 0 Å². The van der Waals surface area contributed by atoms with Crippen LogP contribution in [-0.4, -0.2) is 0 Å². The van der Waals surface area contributed by atoms with E-state index < -0.39 is 0 Å². The van der Waals surface area contributed by atoms with Crippen molar-refractivity contribution in [2.75, 3.05) is 0 Å². The summed E-state index contributed by atoms with van der Waals surface area (Å²) in [4.78, 5) is 0. The Morgan fingerprint density at radius 2 is 1.10 bits per heavy atom. The molecular formula is C8H18Ti2.